The molecule has 1 atom stereocenters. The molecule has 1 unspecified atom stereocenters. The molecular weight excluding hydrogens is 248 g/mol. The number of nitrogens with zero attached hydrogens (tertiary/aromatic N) is 2. The molecule has 0 aliphatic rings. The maximum atomic E-state index is 5.77. The van der Waals surface area contributed by atoms with E-state index in [-0.39, 0.29) is 6.04 Å². The van der Waals surface area contributed by atoms with Gasteiger partial charge in [-0.2, -0.15) is 5.10 Å². The molecule has 0 bridgehead atoms. The standard InChI is InChI=1S/C16H18N4/c1-20-10-9-13(19-20)11-16(18-17)15-8-4-6-12-5-2-3-7-14(12)15/h2-10,16,18H,11,17H2,1H3. The zero-order valence-electron chi connectivity index (χ0n) is 11.5. The molecule has 3 N–H and O–H groups in total. The Labute approximate surface area is 118 Å². The van der Waals surface area contributed by atoms with Crippen molar-refractivity contribution < 1.29 is 0 Å². The first-order chi connectivity index (χ1) is 9.78. The molecule has 2 aromatic carbocycles. The molecule has 0 radical (unpaired) electrons. The second kappa shape index (κ2) is 5.45. The first-order valence-electron chi connectivity index (χ1n) is 6.70. The summed E-state index contributed by atoms with van der Waals surface area (Å²) in [6, 6.07) is 16.7. The SMILES string of the molecule is Cn1ccc(CC(NN)c2cccc3ccccc23)n1. The minimum atomic E-state index is 0.0519. The van der Waals surface area contributed by atoms with Crippen LogP contribution >= 0.6 is 0 Å². The van der Waals surface area contributed by atoms with Crippen LogP contribution in [0.3, 0.4) is 0 Å². The van der Waals surface area contributed by atoms with Crippen molar-refractivity contribution >= 4 is 10.8 Å². The number of aryl methyl sites for hydroxylation is 1. The summed E-state index contributed by atoms with van der Waals surface area (Å²) in [4.78, 5) is 0. The molecular formula is C16H18N4. The lowest BCUT2D eigenvalue weighted by atomic mass is 9.96. The van der Waals surface area contributed by atoms with Crippen molar-refractivity contribution in [2.45, 2.75) is 12.5 Å². The minimum absolute atomic E-state index is 0.0519. The highest BCUT2D eigenvalue weighted by molar-refractivity contribution is 5.86. The van der Waals surface area contributed by atoms with Gasteiger partial charge in [-0.3, -0.25) is 16.0 Å². The highest BCUT2D eigenvalue weighted by Crippen LogP contribution is 2.25. The summed E-state index contributed by atoms with van der Waals surface area (Å²) in [7, 11) is 1.92. The smallest absolute Gasteiger partial charge is 0.0643 e. The molecule has 4 nitrogen and oxygen atoms in total. The second-order valence-electron chi connectivity index (χ2n) is 4.97. The zero-order chi connectivity index (χ0) is 13.9. The van der Waals surface area contributed by atoms with Gasteiger partial charge in [0.25, 0.3) is 0 Å². The van der Waals surface area contributed by atoms with Gasteiger partial charge in [0.05, 0.1) is 11.7 Å². The summed E-state index contributed by atoms with van der Waals surface area (Å²) in [5.41, 5.74) is 5.15. The van der Waals surface area contributed by atoms with Gasteiger partial charge in [-0.1, -0.05) is 42.5 Å². The molecule has 0 saturated carbocycles. The van der Waals surface area contributed by atoms with E-state index in [0.717, 1.165) is 12.1 Å². The summed E-state index contributed by atoms with van der Waals surface area (Å²) >= 11 is 0. The van der Waals surface area contributed by atoms with E-state index in [2.05, 4.69) is 53.0 Å². The number of rotatable bonds is 4. The maximum Gasteiger partial charge on any atom is 0.0643 e. The van der Waals surface area contributed by atoms with E-state index in [1.54, 1.807) is 0 Å². The Morgan fingerprint density at radius 2 is 1.95 bits per heavy atom. The van der Waals surface area contributed by atoms with Gasteiger partial charge in [0.15, 0.2) is 0 Å². The second-order valence-corrected chi connectivity index (χ2v) is 4.97. The summed E-state index contributed by atoms with van der Waals surface area (Å²) in [6.07, 6.45) is 2.72. The molecule has 0 spiro atoms. The van der Waals surface area contributed by atoms with Crippen LogP contribution in [0.5, 0.6) is 0 Å². The third kappa shape index (κ3) is 2.43. The number of nitrogens with one attached hydrogen (secondary N) is 1. The van der Waals surface area contributed by atoms with E-state index in [4.69, 9.17) is 5.84 Å². The lowest BCUT2D eigenvalue weighted by Crippen LogP contribution is -2.29. The molecule has 3 rings (SSSR count). The Morgan fingerprint density at radius 3 is 2.70 bits per heavy atom. The zero-order valence-corrected chi connectivity index (χ0v) is 11.5. The number of benzene rings is 2. The van der Waals surface area contributed by atoms with Gasteiger partial charge in [-0.05, 0) is 22.4 Å². The van der Waals surface area contributed by atoms with Crippen molar-refractivity contribution in [3.05, 3.63) is 66.0 Å². The van der Waals surface area contributed by atoms with E-state index >= 15 is 0 Å². The highest BCUT2D eigenvalue weighted by atomic mass is 15.3. The predicted octanol–water partition coefficient (Wildman–Crippen LogP) is 2.32. The number of fused-ring (bicyclic) bond motifs is 1. The van der Waals surface area contributed by atoms with Crippen LogP contribution < -0.4 is 11.3 Å². The summed E-state index contributed by atoms with van der Waals surface area (Å²) < 4.78 is 1.81. The van der Waals surface area contributed by atoms with Crippen molar-refractivity contribution in [2.75, 3.05) is 0 Å². The van der Waals surface area contributed by atoms with E-state index in [1.807, 2.05) is 24.0 Å². The lowest BCUT2D eigenvalue weighted by molar-refractivity contribution is 0.545. The molecule has 1 heterocycles. The van der Waals surface area contributed by atoms with E-state index in [0.29, 0.717) is 0 Å². The molecule has 20 heavy (non-hydrogen) atoms. The molecule has 0 aliphatic heterocycles. The number of hydrogen-bond acceptors (Lipinski definition) is 3. The molecule has 4 heteroatoms. The first-order valence-corrected chi connectivity index (χ1v) is 6.70. The predicted molar refractivity (Wildman–Crippen MR) is 80.9 cm³/mol. The molecule has 0 aliphatic carbocycles. The first kappa shape index (κ1) is 12.8. The summed E-state index contributed by atoms with van der Waals surface area (Å²) in [5.74, 6) is 5.77. The number of hydrazine groups is 1. The van der Waals surface area contributed by atoms with Gasteiger partial charge in [-0.15, -0.1) is 0 Å². The van der Waals surface area contributed by atoms with Crippen LogP contribution in [0.2, 0.25) is 0 Å². The molecule has 0 amide bonds. The molecule has 3 aromatic rings. The van der Waals surface area contributed by atoms with Gasteiger partial charge >= 0.3 is 0 Å². The van der Waals surface area contributed by atoms with Gasteiger partial charge < -0.3 is 0 Å². The quantitative estimate of drug-likeness (QED) is 0.563. The van der Waals surface area contributed by atoms with Crippen LogP contribution in [0.4, 0.5) is 0 Å². The summed E-state index contributed by atoms with van der Waals surface area (Å²) in [6.45, 7) is 0. The normalized spacial score (nSPS) is 12.7. The topological polar surface area (TPSA) is 55.9 Å². The van der Waals surface area contributed by atoms with Gasteiger partial charge in [0.1, 0.15) is 0 Å². The maximum absolute atomic E-state index is 5.77. The third-order valence-electron chi connectivity index (χ3n) is 3.58. The van der Waals surface area contributed by atoms with Crippen molar-refractivity contribution in [2.24, 2.45) is 12.9 Å². The monoisotopic (exact) mass is 266 g/mol. The highest BCUT2D eigenvalue weighted by Gasteiger charge is 2.14. The number of aromatic nitrogens is 2. The lowest BCUT2D eigenvalue weighted by Gasteiger charge is -2.17. The largest absolute Gasteiger partial charge is 0.276 e. The van der Waals surface area contributed by atoms with Gasteiger partial charge in [0, 0.05) is 19.7 Å². The molecule has 0 saturated heterocycles. The fourth-order valence-electron chi connectivity index (χ4n) is 2.59. The Balaban J connectivity index is 1.98. The van der Waals surface area contributed by atoms with Crippen LogP contribution in [0.25, 0.3) is 10.8 Å². The molecule has 102 valence electrons. The van der Waals surface area contributed by atoms with Crippen molar-refractivity contribution in [3.8, 4) is 0 Å². The van der Waals surface area contributed by atoms with E-state index in [1.165, 1.54) is 16.3 Å². The summed E-state index contributed by atoms with van der Waals surface area (Å²) in [5, 5.41) is 6.88. The van der Waals surface area contributed by atoms with Crippen LogP contribution in [-0.4, -0.2) is 9.78 Å². The Morgan fingerprint density at radius 1 is 1.15 bits per heavy atom. The molecule has 1 aromatic heterocycles. The Bertz CT molecular complexity index is 712. The fourth-order valence-corrected chi connectivity index (χ4v) is 2.59. The third-order valence-corrected chi connectivity index (χ3v) is 3.58. The number of nitrogens with two attached hydrogens (primary N) is 1. The van der Waals surface area contributed by atoms with Crippen LogP contribution in [0.1, 0.15) is 17.3 Å². The van der Waals surface area contributed by atoms with E-state index in [9.17, 15) is 0 Å². The van der Waals surface area contributed by atoms with Crippen LogP contribution in [0.15, 0.2) is 54.7 Å². The Kier molecular flexibility index (Phi) is 3.50. The van der Waals surface area contributed by atoms with Gasteiger partial charge in [-0.25, -0.2) is 0 Å². The Hall–Kier alpha value is -2.17. The van der Waals surface area contributed by atoms with Crippen LogP contribution in [0, 0.1) is 0 Å². The van der Waals surface area contributed by atoms with Crippen LogP contribution in [-0.2, 0) is 13.5 Å². The average Bonchev–Trinajstić information content (AvgIpc) is 2.89. The minimum Gasteiger partial charge on any atom is -0.276 e. The van der Waals surface area contributed by atoms with E-state index < -0.39 is 0 Å². The van der Waals surface area contributed by atoms with Crippen molar-refractivity contribution in [1.82, 2.24) is 15.2 Å². The fraction of sp³-hybridized carbons (Fsp3) is 0.188. The van der Waals surface area contributed by atoms with Gasteiger partial charge in [0.2, 0.25) is 0 Å². The number of hydrogen-bond donors (Lipinski definition) is 2. The average molecular weight is 266 g/mol. The van der Waals surface area contributed by atoms with Crippen molar-refractivity contribution in [3.63, 3.8) is 0 Å². The molecule has 0 fully saturated rings. The van der Waals surface area contributed by atoms with Crippen molar-refractivity contribution in [1.29, 1.82) is 0 Å².